The highest BCUT2D eigenvalue weighted by Crippen LogP contribution is 2.30. The number of hydrogen-bond donors (Lipinski definition) is 1. The van der Waals surface area contributed by atoms with E-state index in [0.717, 1.165) is 42.6 Å². The second-order valence-corrected chi connectivity index (χ2v) is 9.45. The molecular formula is C29H29N3O2. The third-order valence-corrected chi connectivity index (χ3v) is 6.62. The van der Waals surface area contributed by atoms with Crippen LogP contribution in [0.5, 0.6) is 5.75 Å². The van der Waals surface area contributed by atoms with E-state index in [1.807, 2.05) is 43.3 Å². The van der Waals surface area contributed by atoms with Crippen molar-refractivity contribution in [3.8, 4) is 5.75 Å². The summed E-state index contributed by atoms with van der Waals surface area (Å²) in [5.41, 5.74) is 5.07. The molecule has 1 unspecified atom stereocenters. The highest BCUT2D eigenvalue weighted by Gasteiger charge is 2.23. The van der Waals surface area contributed by atoms with Crippen LogP contribution in [0.2, 0.25) is 0 Å². The fraction of sp³-hybridized carbons (Fsp3) is 0.276. The Morgan fingerprint density at radius 1 is 1.06 bits per heavy atom. The molecule has 0 bridgehead atoms. The van der Waals surface area contributed by atoms with Gasteiger partial charge in [-0.1, -0.05) is 43.3 Å². The van der Waals surface area contributed by atoms with Gasteiger partial charge in [0.1, 0.15) is 5.52 Å². The van der Waals surface area contributed by atoms with Gasteiger partial charge in [0.05, 0.1) is 0 Å². The lowest BCUT2D eigenvalue weighted by Crippen LogP contribution is -2.20. The largest absolute Gasteiger partial charge is 0.504 e. The van der Waals surface area contributed by atoms with Crippen molar-refractivity contribution in [2.45, 2.75) is 33.2 Å². The molecule has 5 heteroatoms. The molecule has 1 aliphatic rings. The zero-order chi connectivity index (χ0) is 23.7. The summed E-state index contributed by atoms with van der Waals surface area (Å²) < 4.78 is 0. The van der Waals surface area contributed by atoms with Gasteiger partial charge in [0.2, 0.25) is 5.78 Å². The summed E-state index contributed by atoms with van der Waals surface area (Å²) in [6.45, 7) is 7.08. The predicted octanol–water partition coefficient (Wildman–Crippen LogP) is 5.31. The van der Waals surface area contributed by atoms with Gasteiger partial charge < -0.3 is 5.11 Å². The van der Waals surface area contributed by atoms with Crippen LogP contribution >= 0.6 is 0 Å². The minimum atomic E-state index is -0.279. The lowest BCUT2D eigenvalue weighted by Gasteiger charge is -2.17. The van der Waals surface area contributed by atoms with Crippen molar-refractivity contribution in [3.05, 3.63) is 101 Å². The molecule has 0 spiro atoms. The SMILES string of the molecule is Cc1nc(C(=O)c2cc(Cc3ccccc3)cc(CN3CCC(C)C3)c2)c(O)c2ncccc12. The van der Waals surface area contributed by atoms with Crippen LogP contribution < -0.4 is 0 Å². The first-order valence-electron chi connectivity index (χ1n) is 11.9. The number of rotatable bonds is 6. The van der Waals surface area contributed by atoms with Crippen molar-refractivity contribution in [1.82, 2.24) is 14.9 Å². The average Bonchev–Trinajstić information content (AvgIpc) is 3.25. The van der Waals surface area contributed by atoms with Crippen molar-refractivity contribution < 1.29 is 9.90 Å². The number of hydrogen-bond acceptors (Lipinski definition) is 5. The molecule has 1 aliphatic heterocycles. The number of carbonyl (C=O) groups excluding carboxylic acids is 1. The Bertz CT molecular complexity index is 1350. The van der Waals surface area contributed by atoms with E-state index in [-0.39, 0.29) is 17.2 Å². The molecular weight excluding hydrogens is 422 g/mol. The van der Waals surface area contributed by atoms with E-state index in [1.165, 1.54) is 12.0 Å². The molecule has 0 aliphatic carbocycles. The van der Waals surface area contributed by atoms with E-state index < -0.39 is 0 Å². The molecule has 5 rings (SSSR count). The standard InChI is InChI=1S/C29H29N3O2/c1-19-10-12-32(17-19)18-23-14-22(13-21-7-4-3-5-8-21)15-24(16-23)28(33)27-29(34)26-25(20(2)31-27)9-6-11-30-26/h3-9,11,14-16,19,34H,10,12-13,17-18H2,1-2H3. The van der Waals surface area contributed by atoms with E-state index in [2.05, 4.69) is 40.0 Å². The number of likely N-dealkylation sites (tertiary alicyclic amines) is 1. The van der Waals surface area contributed by atoms with Crippen molar-refractivity contribution >= 4 is 16.7 Å². The summed E-state index contributed by atoms with van der Waals surface area (Å²) in [5.74, 6) is 0.261. The van der Waals surface area contributed by atoms with E-state index in [4.69, 9.17) is 0 Å². The molecule has 1 saturated heterocycles. The number of pyridine rings is 2. The van der Waals surface area contributed by atoms with Crippen molar-refractivity contribution in [3.63, 3.8) is 0 Å². The Morgan fingerprint density at radius 3 is 2.62 bits per heavy atom. The Morgan fingerprint density at radius 2 is 1.85 bits per heavy atom. The summed E-state index contributed by atoms with van der Waals surface area (Å²) >= 11 is 0. The quantitative estimate of drug-likeness (QED) is 0.403. The van der Waals surface area contributed by atoms with Crippen LogP contribution in [-0.2, 0) is 13.0 Å². The summed E-state index contributed by atoms with van der Waals surface area (Å²) in [6, 6.07) is 20.0. The van der Waals surface area contributed by atoms with Gasteiger partial charge in [0.15, 0.2) is 11.4 Å². The van der Waals surface area contributed by atoms with Crippen LogP contribution in [0.4, 0.5) is 0 Å². The number of fused-ring (bicyclic) bond motifs is 1. The second-order valence-electron chi connectivity index (χ2n) is 9.45. The highest BCUT2D eigenvalue weighted by atomic mass is 16.3. The molecule has 1 fully saturated rings. The molecule has 2 aromatic carbocycles. The smallest absolute Gasteiger partial charge is 0.215 e. The zero-order valence-electron chi connectivity index (χ0n) is 19.7. The fourth-order valence-electron chi connectivity index (χ4n) is 4.92. The lowest BCUT2D eigenvalue weighted by atomic mass is 9.96. The first kappa shape index (κ1) is 22.2. The van der Waals surface area contributed by atoms with Gasteiger partial charge in [-0.3, -0.25) is 14.7 Å². The molecule has 5 nitrogen and oxygen atoms in total. The van der Waals surface area contributed by atoms with E-state index >= 15 is 0 Å². The van der Waals surface area contributed by atoms with Gasteiger partial charge in [0, 0.05) is 35.9 Å². The first-order valence-corrected chi connectivity index (χ1v) is 11.9. The molecule has 4 aromatic rings. The molecule has 3 heterocycles. The number of aryl methyl sites for hydroxylation is 1. The van der Waals surface area contributed by atoms with Crippen LogP contribution in [0.3, 0.4) is 0 Å². The van der Waals surface area contributed by atoms with Gasteiger partial charge in [-0.15, -0.1) is 0 Å². The normalized spacial score (nSPS) is 16.2. The van der Waals surface area contributed by atoms with Crippen LogP contribution in [0, 0.1) is 12.8 Å². The van der Waals surface area contributed by atoms with Crippen molar-refractivity contribution in [1.29, 1.82) is 0 Å². The highest BCUT2D eigenvalue weighted by molar-refractivity contribution is 6.12. The molecule has 0 radical (unpaired) electrons. The molecule has 0 amide bonds. The van der Waals surface area contributed by atoms with E-state index in [0.29, 0.717) is 22.7 Å². The summed E-state index contributed by atoms with van der Waals surface area (Å²) in [6.07, 6.45) is 3.56. The lowest BCUT2D eigenvalue weighted by molar-refractivity contribution is 0.103. The van der Waals surface area contributed by atoms with Gasteiger partial charge in [-0.25, -0.2) is 4.98 Å². The van der Waals surface area contributed by atoms with Crippen LogP contribution in [0.15, 0.2) is 66.9 Å². The van der Waals surface area contributed by atoms with Crippen molar-refractivity contribution in [2.75, 3.05) is 13.1 Å². The molecule has 34 heavy (non-hydrogen) atoms. The predicted molar refractivity (Wildman–Crippen MR) is 134 cm³/mol. The van der Waals surface area contributed by atoms with Gasteiger partial charge in [0.25, 0.3) is 0 Å². The Balaban J connectivity index is 1.55. The van der Waals surface area contributed by atoms with E-state index in [1.54, 1.807) is 12.3 Å². The molecule has 0 saturated carbocycles. The topological polar surface area (TPSA) is 66.3 Å². The Kier molecular flexibility index (Phi) is 6.12. The Labute approximate surface area is 200 Å². The number of aromatic nitrogens is 2. The van der Waals surface area contributed by atoms with Crippen LogP contribution in [0.1, 0.15) is 51.8 Å². The molecule has 1 N–H and O–H groups in total. The number of nitrogens with zero attached hydrogens (tertiary/aromatic N) is 3. The van der Waals surface area contributed by atoms with E-state index in [9.17, 15) is 9.90 Å². The number of carbonyl (C=O) groups is 1. The number of aromatic hydroxyl groups is 1. The van der Waals surface area contributed by atoms with Crippen LogP contribution in [-0.4, -0.2) is 38.8 Å². The maximum atomic E-state index is 13.6. The van der Waals surface area contributed by atoms with Gasteiger partial charge in [-0.05, 0) is 73.2 Å². The van der Waals surface area contributed by atoms with Gasteiger partial charge >= 0.3 is 0 Å². The third kappa shape index (κ3) is 4.57. The summed E-state index contributed by atoms with van der Waals surface area (Å²) in [7, 11) is 0. The summed E-state index contributed by atoms with van der Waals surface area (Å²) in [4.78, 5) is 24.9. The second kappa shape index (κ2) is 9.35. The van der Waals surface area contributed by atoms with Crippen molar-refractivity contribution in [2.24, 2.45) is 5.92 Å². The first-order chi connectivity index (χ1) is 16.5. The minimum Gasteiger partial charge on any atom is -0.504 e. The maximum Gasteiger partial charge on any atom is 0.215 e. The van der Waals surface area contributed by atoms with Gasteiger partial charge in [-0.2, -0.15) is 0 Å². The molecule has 1 atom stereocenters. The monoisotopic (exact) mass is 451 g/mol. The maximum absolute atomic E-state index is 13.6. The average molecular weight is 452 g/mol. The number of benzene rings is 2. The fourth-order valence-corrected chi connectivity index (χ4v) is 4.92. The summed E-state index contributed by atoms with van der Waals surface area (Å²) in [5, 5.41) is 11.6. The Hall–Kier alpha value is -3.57. The minimum absolute atomic E-state index is 0.0568. The molecule has 2 aromatic heterocycles. The third-order valence-electron chi connectivity index (χ3n) is 6.62. The molecule has 172 valence electrons. The number of ketones is 1. The zero-order valence-corrected chi connectivity index (χ0v) is 19.7. The van der Waals surface area contributed by atoms with Crippen LogP contribution in [0.25, 0.3) is 10.9 Å².